The van der Waals surface area contributed by atoms with Gasteiger partial charge in [0.1, 0.15) is 5.82 Å². The van der Waals surface area contributed by atoms with Gasteiger partial charge in [-0.3, -0.25) is 9.63 Å². The van der Waals surface area contributed by atoms with Gasteiger partial charge in [-0.1, -0.05) is 11.6 Å². The van der Waals surface area contributed by atoms with Gasteiger partial charge in [0.15, 0.2) is 0 Å². The predicted molar refractivity (Wildman–Crippen MR) is 113 cm³/mol. The molecule has 154 valence electrons. The van der Waals surface area contributed by atoms with Crippen LogP contribution in [0.3, 0.4) is 0 Å². The number of H-pyrrole nitrogens is 1. The van der Waals surface area contributed by atoms with Gasteiger partial charge in [-0.05, 0) is 24.3 Å². The average Bonchev–Trinajstić information content (AvgIpc) is 3.13. The molecule has 0 aliphatic heterocycles. The SMILES string of the molecule is COCCN(C)c1ccc(-c2cc3c(C(=O)NOC)c[nH]c3cc2Cl)c(OC)n1. The largest absolute Gasteiger partial charge is 0.480 e. The molecule has 0 unspecified atom stereocenters. The molecule has 0 aliphatic carbocycles. The third kappa shape index (κ3) is 4.29. The molecule has 0 spiro atoms. The number of benzene rings is 1. The number of methoxy groups -OCH3 is 2. The smallest absolute Gasteiger partial charge is 0.276 e. The molecule has 0 atom stereocenters. The van der Waals surface area contributed by atoms with E-state index in [0.717, 1.165) is 16.9 Å². The average molecular weight is 419 g/mol. The van der Waals surface area contributed by atoms with E-state index < -0.39 is 0 Å². The summed E-state index contributed by atoms with van der Waals surface area (Å²) in [6.07, 6.45) is 1.61. The Labute approximate surface area is 173 Å². The van der Waals surface area contributed by atoms with Crippen LogP contribution in [0.4, 0.5) is 5.82 Å². The lowest BCUT2D eigenvalue weighted by atomic mass is 10.0. The van der Waals surface area contributed by atoms with E-state index in [-0.39, 0.29) is 5.91 Å². The van der Waals surface area contributed by atoms with Crippen molar-refractivity contribution in [3.05, 3.63) is 41.0 Å². The van der Waals surface area contributed by atoms with Crippen molar-refractivity contribution in [1.82, 2.24) is 15.4 Å². The summed E-state index contributed by atoms with van der Waals surface area (Å²) in [4.78, 5) is 26.6. The number of halogens is 1. The standard InChI is InChI=1S/C20H23ClN4O4/c1-25(7-8-27-2)18-6-5-12(20(23-18)28-3)13-9-14-15(19(26)24-29-4)11-22-17(14)10-16(13)21/h5-6,9-11,22H,7-8H2,1-4H3,(H,24,26). The molecule has 0 bridgehead atoms. The van der Waals surface area contributed by atoms with Gasteiger partial charge in [-0.15, -0.1) is 0 Å². The lowest BCUT2D eigenvalue weighted by molar-refractivity contribution is 0.0539. The number of likely N-dealkylation sites (N-methyl/N-ethyl adjacent to an activating group) is 1. The quantitative estimate of drug-likeness (QED) is 0.546. The molecular formula is C20H23ClN4O4. The summed E-state index contributed by atoms with van der Waals surface area (Å²) in [6, 6.07) is 7.41. The van der Waals surface area contributed by atoms with Crippen LogP contribution in [-0.2, 0) is 9.57 Å². The van der Waals surface area contributed by atoms with E-state index in [1.54, 1.807) is 26.5 Å². The fourth-order valence-corrected chi connectivity index (χ4v) is 3.30. The predicted octanol–water partition coefficient (Wildman–Crippen LogP) is 3.27. The Bertz CT molecular complexity index is 1020. The number of rotatable bonds is 8. The van der Waals surface area contributed by atoms with Crippen molar-refractivity contribution >= 4 is 34.2 Å². The molecular weight excluding hydrogens is 396 g/mol. The number of pyridine rings is 1. The second kappa shape index (κ2) is 9.13. The summed E-state index contributed by atoms with van der Waals surface area (Å²) in [5.74, 6) is 0.834. The van der Waals surface area contributed by atoms with Crippen LogP contribution in [0.1, 0.15) is 10.4 Å². The number of nitrogens with zero attached hydrogens (tertiary/aromatic N) is 2. The van der Waals surface area contributed by atoms with Crippen molar-refractivity contribution in [2.45, 2.75) is 0 Å². The molecule has 0 saturated carbocycles. The molecule has 0 fully saturated rings. The highest BCUT2D eigenvalue weighted by Crippen LogP contribution is 2.38. The first-order valence-corrected chi connectivity index (χ1v) is 9.27. The number of anilines is 1. The topological polar surface area (TPSA) is 88.7 Å². The Balaban J connectivity index is 2.06. The summed E-state index contributed by atoms with van der Waals surface area (Å²) in [5, 5.41) is 1.22. The van der Waals surface area contributed by atoms with Crippen LogP contribution in [0.5, 0.6) is 5.88 Å². The Morgan fingerprint density at radius 1 is 1.24 bits per heavy atom. The molecule has 3 aromatic rings. The van der Waals surface area contributed by atoms with Gasteiger partial charge in [-0.2, -0.15) is 4.98 Å². The van der Waals surface area contributed by atoms with E-state index in [1.165, 1.54) is 7.11 Å². The monoisotopic (exact) mass is 418 g/mol. The zero-order valence-corrected chi connectivity index (χ0v) is 17.5. The van der Waals surface area contributed by atoms with Gasteiger partial charge < -0.3 is 19.4 Å². The van der Waals surface area contributed by atoms with E-state index in [9.17, 15) is 4.79 Å². The number of fused-ring (bicyclic) bond motifs is 1. The highest BCUT2D eigenvalue weighted by Gasteiger charge is 2.18. The molecule has 9 heteroatoms. The molecule has 2 aromatic heterocycles. The summed E-state index contributed by atoms with van der Waals surface area (Å²) in [5.41, 5.74) is 4.95. The second-order valence-electron chi connectivity index (χ2n) is 6.36. The lowest BCUT2D eigenvalue weighted by Gasteiger charge is -2.19. The van der Waals surface area contributed by atoms with Crippen LogP contribution in [0.2, 0.25) is 5.02 Å². The van der Waals surface area contributed by atoms with Gasteiger partial charge in [0.25, 0.3) is 5.91 Å². The lowest BCUT2D eigenvalue weighted by Crippen LogP contribution is -2.23. The fourth-order valence-electron chi connectivity index (χ4n) is 3.03. The Hall–Kier alpha value is -2.81. The van der Waals surface area contributed by atoms with Crippen molar-refractivity contribution in [3.8, 4) is 17.0 Å². The first kappa shape index (κ1) is 20.9. The zero-order valence-electron chi connectivity index (χ0n) is 16.7. The van der Waals surface area contributed by atoms with Crippen LogP contribution in [-0.4, -0.2) is 57.4 Å². The van der Waals surface area contributed by atoms with Crippen molar-refractivity contribution in [2.24, 2.45) is 0 Å². The number of hydrogen-bond donors (Lipinski definition) is 2. The normalized spacial score (nSPS) is 10.9. The summed E-state index contributed by atoms with van der Waals surface area (Å²) >= 11 is 6.53. The molecule has 0 aliphatic rings. The number of nitrogens with one attached hydrogen (secondary N) is 2. The van der Waals surface area contributed by atoms with E-state index in [4.69, 9.17) is 25.9 Å². The molecule has 1 aromatic carbocycles. The molecule has 29 heavy (non-hydrogen) atoms. The molecule has 0 saturated heterocycles. The Kier molecular flexibility index (Phi) is 6.58. The van der Waals surface area contributed by atoms with Crippen LogP contribution >= 0.6 is 11.6 Å². The number of carbonyl (C=O) groups excluding carboxylic acids is 1. The van der Waals surface area contributed by atoms with E-state index >= 15 is 0 Å². The van der Waals surface area contributed by atoms with Crippen molar-refractivity contribution < 1.29 is 19.1 Å². The van der Waals surface area contributed by atoms with Gasteiger partial charge in [0.05, 0.1) is 31.4 Å². The third-order valence-electron chi connectivity index (χ3n) is 4.56. The van der Waals surface area contributed by atoms with E-state index in [0.29, 0.717) is 40.6 Å². The van der Waals surface area contributed by atoms with Crippen LogP contribution in [0, 0.1) is 0 Å². The number of amides is 1. The molecule has 2 heterocycles. The minimum atomic E-state index is -0.354. The van der Waals surface area contributed by atoms with E-state index in [2.05, 4.69) is 15.4 Å². The van der Waals surface area contributed by atoms with Gasteiger partial charge in [-0.25, -0.2) is 5.48 Å². The highest BCUT2D eigenvalue weighted by molar-refractivity contribution is 6.34. The number of aromatic nitrogens is 2. The molecule has 1 amide bonds. The number of ether oxygens (including phenoxy) is 2. The first-order chi connectivity index (χ1) is 14.0. The van der Waals surface area contributed by atoms with Gasteiger partial charge >= 0.3 is 0 Å². The van der Waals surface area contributed by atoms with Crippen LogP contribution in [0.15, 0.2) is 30.5 Å². The number of carbonyl (C=O) groups is 1. The number of hydroxylamine groups is 1. The third-order valence-corrected chi connectivity index (χ3v) is 4.87. The zero-order chi connectivity index (χ0) is 21.0. The number of hydrogen-bond acceptors (Lipinski definition) is 6. The van der Waals surface area contributed by atoms with Crippen molar-refractivity contribution in [1.29, 1.82) is 0 Å². The maximum absolute atomic E-state index is 12.2. The Morgan fingerprint density at radius 3 is 2.72 bits per heavy atom. The second-order valence-corrected chi connectivity index (χ2v) is 6.76. The highest BCUT2D eigenvalue weighted by atomic mass is 35.5. The van der Waals surface area contributed by atoms with Crippen LogP contribution in [0.25, 0.3) is 22.0 Å². The summed E-state index contributed by atoms with van der Waals surface area (Å²) in [6.45, 7) is 1.28. The maximum Gasteiger partial charge on any atom is 0.276 e. The summed E-state index contributed by atoms with van der Waals surface area (Å²) < 4.78 is 10.6. The fraction of sp³-hybridized carbons (Fsp3) is 0.300. The van der Waals surface area contributed by atoms with Crippen LogP contribution < -0.4 is 15.1 Å². The minimum Gasteiger partial charge on any atom is -0.480 e. The maximum atomic E-state index is 12.2. The van der Waals surface area contributed by atoms with E-state index in [1.807, 2.05) is 30.1 Å². The minimum absolute atomic E-state index is 0.354. The van der Waals surface area contributed by atoms with Crippen molar-refractivity contribution in [2.75, 3.05) is 46.4 Å². The first-order valence-electron chi connectivity index (χ1n) is 8.89. The van der Waals surface area contributed by atoms with Crippen molar-refractivity contribution in [3.63, 3.8) is 0 Å². The molecule has 3 rings (SSSR count). The molecule has 0 radical (unpaired) electrons. The number of aromatic amines is 1. The summed E-state index contributed by atoms with van der Waals surface area (Å²) in [7, 11) is 6.53. The molecule has 8 nitrogen and oxygen atoms in total. The molecule has 2 N–H and O–H groups in total. The Morgan fingerprint density at radius 2 is 2.03 bits per heavy atom. The van der Waals surface area contributed by atoms with Gasteiger partial charge in [0.2, 0.25) is 5.88 Å². The van der Waals surface area contributed by atoms with Gasteiger partial charge in [0, 0.05) is 48.9 Å².